The van der Waals surface area contributed by atoms with Crippen LogP contribution in [0, 0.1) is 0 Å². The van der Waals surface area contributed by atoms with E-state index in [-0.39, 0.29) is 23.1 Å². The van der Waals surface area contributed by atoms with Crippen molar-refractivity contribution in [3.05, 3.63) is 0 Å². The van der Waals surface area contributed by atoms with Gasteiger partial charge in [0.05, 0.1) is 0 Å². The van der Waals surface area contributed by atoms with Crippen molar-refractivity contribution < 1.29 is 13.3 Å². The van der Waals surface area contributed by atoms with E-state index in [1.807, 2.05) is 0 Å². The third kappa shape index (κ3) is 9.64. The summed E-state index contributed by atoms with van der Waals surface area (Å²) >= 11 is 0. The molecule has 0 aromatic heterocycles. The maximum Gasteiger partial charge on any atom is 2.00 e. The van der Waals surface area contributed by atoms with Crippen molar-refractivity contribution in [2.24, 2.45) is 5.73 Å². The van der Waals surface area contributed by atoms with Crippen molar-refractivity contribution in [1.29, 1.82) is 0 Å². The first-order chi connectivity index (χ1) is 8.24. The molecule has 104 valence electrons. The summed E-state index contributed by atoms with van der Waals surface area (Å²) in [4.78, 5) is 0. The summed E-state index contributed by atoms with van der Waals surface area (Å²) < 4.78 is 16.0. The zero-order valence-electron chi connectivity index (χ0n) is 12.0. The van der Waals surface area contributed by atoms with Gasteiger partial charge in [0.15, 0.2) is 0 Å². The third-order valence-electron chi connectivity index (χ3n) is 2.57. The normalized spacial score (nSPS) is 11.3. The number of nitrogens with two attached hydrogens (primary N) is 1. The average Bonchev–Trinajstić information content (AvgIpc) is 2.38. The second-order valence-electron chi connectivity index (χ2n) is 3.69. The minimum Gasteiger partial charge on any atom is -0.377 e. The summed E-state index contributed by atoms with van der Waals surface area (Å²) in [5, 5.41) is 6.56. The van der Waals surface area contributed by atoms with Gasteiger partial charge in [0.25, 0.3) is 0 Å². The molecule has 0 fully saturated rings. The molecule has 4 N–H and O–H groups in total. The molecule has 0 bridgehead atoms. The van der Waals surface area contributed by atoms with Gasteiger partial charge in [-0.05, 0) is 13.0 Å². The molecule has 0 radical (unpaired) electrons. The summed E-state index contributed by atoms with van der Waals surface area (Å²) in [6.07, 6.45) is 0.985. The van der Waals surface area contributed by atoms with Crippen molar-refractivity contribution in [3.63, 3.8) is 0 Å². The molecule has 0 atom stereocenters. The minimum atomic E-state index is -2.37. The van der Waals surface area contributed by atoms with E-state index in [1.165, 1.54) is 0 Å². The van der Waals surface area contributed by atoms with Gasteiger partial charge in [0, 0.05) is 53.6 Å². The van der Waals surface area contributed by atoms with Gasteiger partial charge < -0.3 is 29.6 Å². The molecule has 0 unspecified atom stereocenters. The largest absolute Gasteiger partial charge is 2.00 e. The van der Waals surface area contributed by atoms with Gasteiger partial charge in [0.2, 0.25) is 0 Å². The Morgan fingerprint density at radius 2 is 1.39 bits per heavy atom. The molecule has 0 rings (SSSR count). The Kier molecular flexibility index (Phi) is 16.6. The average molecular weight is 290 g/mol. The summed E-state index contributed by atoms with van der Waals surface area (Å²) in [6.45, 7) is 4.38. The zero-order chi connectivity index (χ0) is 13.0. The maximum atomic E-state index is 5.36. The van der Waals surface area contributed by atoms with Gasteiger partial charge in [0.1, 0.15) is 0 Å². The molecule has 0 aromatic carbocycles. The number of nitrogens with one attached hydrogen (secondary N) is 2. The summed E-state index contributed by atoms with van der Waals surface area (Å²) in [5.74, 6) is 0. The van der Waals surface area contributed by atoms with Crippen molar-refractivity contribution >= 4 is 31.9 Å². The van der Waals surface area contributed by atoms with Crippen LogP contribution in [0.3, 0.4) is 0 Å². The summed E-state index contributed by atoms with van der Waals surface area (Å²) in [7, 11) is 2.56. The van der Waals surface area contributed by atoms with Gasteiger partial charge in [-0.25, -0.2) is 0 Å². The Morgan fingerprint density at radius 1 is 0.889 bits per heavy atom. The van der Waals surface area contributed by atoms with E-state index in [9.17, 15) is 0 Å². The van der Waals surface area contributed by atoms with Gasteiger partial charge in [-0.2, -0.15) is 0 Å². The number of rotatable bonds is 12. The van der Waals surface area contributed by atoms with Crippen LogP contribution < -0.4 is 16.4 Å². The van der Waals surface area contributed by atoms with Gasteiger partial charge >= 0.3 is 31.9 Å². The topological polar surface area (TPSA) is 77.8 Å². The van der Waals surface area contributed by atoms with Crippen molar-refractivity contribution in [2.45, 2.75) is 12.5 Å². The molecule has 0 aromatic rings. The van der Waals surface area contributed by atoms with Crippen LogP contribution in [0.1, 0.15) is 6.42 Å². The second kappa shape index (κ2) is 14.2. The van der Waals surface area contributed by atoms with Crippen LogP contribution in [0.5, 0.6) is 0 Å². The van der Waals surface area contributed by atoms with Crippen molar-refractivity contribution in [3.8, 4) is 0 Å². The molecule has 0 heterocycles. The first kappa shape index (κ1) is 21.0. The molecule has 8 heteroatoms. The third-order valence-corrected chi connectivity index (χ3v) is 5.40. The first-order valence-corrected chi connectivity index (χ1v) is 7.94. The smallest absolute Gasteiger partial charge is 0.377 e. The number of hydrogen-bond donors (Lipinski definition) is 3. The Labute approximate surface area is 128 Å². The molecule has 0 spiro atoms. The summed E-state index contributed by atoms with van der Waals surface area (Å²) in [6, 6.07) is 0.833. The Hall–Kier alpha value is 0.743. The van der Waals surface area contributed by atoms with Gasteiger partial charge in [-0.15, -0.1) is 0 Å². The van der Waals surface area contributed by atoms with Crippen LogP contribution in [0.2, 0.25) is 6.04 Å². The van der Waals surface area contributed by atoms with Crippen LogP contribution >= 0.6 is 0 Å². The minimum absolute atomic E-state index is 0. The van der Waals surface area contributed by atoms with E-state index in [1.54, 1.807) is 21.3 Å². The fraction of sp³-hybridized carbons (Fsp3) is 1.00. The molecule has 0 aliphatic heterocycles. The molecule has 0 aliphatic carbocycles. The zero-order valence-corrected chi connectivity index (χ0v) is 14.4. The van der Waals surface area contributed by atoms with E-state index in [4.69, 9.17) is 19.0 Å². The van der Waals surface area contributed by atoms with E-state index in [2.05, 4.69) is 10.6 Å². The van der Waals surface area contributed by atoms with Crippen LogP contribution in [0.15, 0.2) is 0 Å². The Balaban J connectivity index is 0. The predicted molar refractivity (Wildman–Crippen MR) is 76.8 cm³/mol. The van der Waals surface area contributed by atoms with Crippen LogP contribution in [-0.4, -0.2) is 85.9 Å². The number of hydrogen-bond acceptors (Lipinski definition) is 6. The molecule has 6 nitrogen and oxygen atoms in total. The molecular formula is C10H27MgN3O3Si+2. The molecule has 0 saturated heterocycles. The fourth-order valence-electron chi connectivity index (χ4n) is 1.51. The molecule has 0 amide bonds. The van der Waals surface area contributed by atoms with E-state index in [0.717, 1.165) is 38.6 Å². The van der Waals surface area contributed by atoms with Crippen molar-refractivity contribution in [1.82, 2.24) is 10.6 Å². The first-order valence-electron chi connectivity index (χ1n) is 6.01. The van der Waals surface area contributed by atoms with E-state index in [0.29, 0.717) is 6.54 Å². The summed E-state index contributed by atoms with van der Waals surface area (Å²) in [5.41, 5.74) is 5.36. The second-order valence-corrected chi connectivity index (χ2v) is 6.78. The Bertz CT molecular complexity index is 168. The molecule has 0 saturated carbocycles. The van der Waals surface area contributed by atoms with Crippen LogP contribution in [0.4, 0.5) is 0 Å². The standard InChI is InChI=1S/C10H27N3O3Si.Mg/c1-14-17(15-2,16-3)10-4-6-12-8-9-13-7-5-11;/h12-13H,4-11H2,1-3H3;/q;+2. The van der Waals surface area contributed by atoms with E-state index >= 15 is 0 Å². The van der Waals surface area contributed by atoms with E-state index < -0.39 is 8.80 Å². The van der Waals surface area contributed by atoms with Gasteiger partial charge in [-0.1, -0.05) is 0 Å². The monoisotopic (exact) mass is 289 g/mol. The maximum absolute atomic E-state index is 5.36. The van der Waals surface area contributed by atoms with Crippen LogP contribution in [0.25, 0.3) is 0 Å². The molecule has 18 heavy (non-hydrogen) atoms. The van der Waals surface area contributed by atoms with Crippen LogP contribution in [-0.2, 0) is 13.3 Å². The predicted octanol–water partition coefficient (Wildman–Crippen LogP) is -0.988. The quantitative estimate of drug-likeness (QED) is 0.316. The SMILES string of the molecule is CO[Si](CCCNCCNCCN)(OC)OC.[Mg+2]. The molecule has 0 aliphatic rings. The Morgan fingerprint density at radius 3 is 1.83 bits per heavy atom. The van der Waals surface area contributed by atoms with Gasteiger partial charge in [-0.3, -0.25) is 0 Å². The fourth-order valence-corrected chi connectivity index (χ4v) is 3.24. The van der Waals surface area contributed by atoms with Crippen molar-refractivity contribution in [2.75, 3.05) is 54.1 Å². The molecular weight excluding hydrogens is 263 g/mol.